The average Bonchev–Trinajstić information content (AvgIpc) is 2.73. The fraction of sp³-hybridized carbons (Fsp3) is 0.800. The van der Waals surface area contributed by atoms with Crippen LogP contribution in [0, 0.1) is 11.3 Å². The van der Waals surface area contributed by atoms with Gasteiger partial charge >= 0.3 is 5.97 Å². The summed E-state index contributed by atoms with van der Waals surface area (Å²) in [5, 5.41) is 3.08. The lowest BCUT2D eigenvalue weighted by atomic mass is 9.85. The van der Waals surface area contributed by atoms with E-state index in [4.69, 9.17) is 4.74 Å². The van der Waals surface area contributed by atoms with E-state index in [-0.39, 0.29) is 30.4 Å². The molecule has 1 fully saturated rings. The maximum Gasteiger partial charge on any atom is 0.333 e. The lowest BCUT2D eigenvalue weighted by molar-refractivity contribution is -0.140. The summed E-state index contributed by atoms with van der Waals surface area (Å²) in [6.45, 7) is 17.3. The minimum atomic E-state index is -0.658. The van der Waals surface area contributed by atoms with E-state index in [2.05, 4.69) is 31.0 Å². The molecule has 0 spiro atoms. The summed E-state index contributed by atoms with van der Waals surface area (Å²) < 4.78 is 4.99. The van der Waals surface area contributed by atoms with Crippen LogP contribution in [0.2, 0.25) is 0 Å². The summed E-state index contributed by atoms with van der Waals surface area (Å²) in [6, 6.07) is -0.571. The molecule has 1 saturated heterocycles. The molecule has 0 aromatic rings. The Labute approximate surface area is 194 Å². The largest absolute Gasteiger partial charge is 0.463 e. The first-order valence-corrected chi connectivity index (χ1v) is 12.0. The Morgan fingerprint density at radius 3 is 2.34 bits per heavy atom. The van der Waals surface area contributed by atoms with E-state index in [1.807, 2.05) is 20.8 Å². The normalized spacial score (nSPS) is 19.9. The van der Waals surface area contributed by atoms with E-state index < -0.39 is 11.5 Å². The van der Waals surface area contributed by atoms with Crippen molar-refractivity contribution in [3.63, 3.8) is 0 Å². The van der Waals surface area contributed by atoms with E-state index in [0.717, 1.165) is 25.8 Å². The van der Waals surface area contributed by atoms with Crippen molar-refractivity contribution >= 4 is 17.8 Å². The summed E-state index contributed by atoms with van der Waals surface area (Å²) in [5.74, 6) is -0.176. The average molecular weight is 452 g/mol. The molecule has 2 amide bonds. The van der Waals surface area contributed by atoms with E-state index in [9.17, 15) is 14.4 Å². The zero-order valence-electron chi connectivity index (χ0n) is 21.7. The van der Waals surface area contributed by atoms with Gasteiger partial charge in [0, 0.05) is 25.2 Å². The second-order valence-corrected chi connectivity index (χ2v) is 10.4. The molecule has 0 radical (unpaired) electrons. The molecule has 7 nitrogen and oxygen atoms in total. The molecule has 1 rings (SSSR count). The molecule has 0 aromatic heterocycles. The highest BCUT2D eigenvalue weighted by Gasteiger charge is 2.39. The highest BCUT2D eigenvalue weighted by molar-refractivity contribution is 5.91. The first kappa shape index (κ1) is 28.1. The quantitative estimate of drug-likeness (QED) is 0.429. The van der Waals surface area contributed by atoms with Crippen LogP contribution in [0.15, 0.2) is 11.6 Å². The Morgan fingerprint density at radius 2 is 1.81 bits per heavy atom. The van der Waals surface area contributed by atoms with Gasteiger partial charge in [0.2, 0.25) is 11.8 Å². The summed E-state index contributed by atoms with van der Waals surface area (Å²) in [4.78, 5) is 42.3. The van der Waals surface area contributed by atoms with Gasteiger partial charge in [-0.25, -0.2) is 4.79 Å². The molecule has 1 aliphatic heterocycles. The summed E-state index contributed by atoms with van der Waals surface area (Å²) in [7, 11) is 1.69. The third-order valence-electron chi connectivity index (χ3n) is 6.38. The van der Waals surface area contributed by atoms with Crippen LogP contribution in [0.5, 0.6) is 0 Å². The SMILES string of the molecule is CCOC(=O)/C(C)=C/CN(C)C(=O)C(NC(=O)C1CCCCN1C(C)C(C)C)C(C)(C)C. The minimum Gasteiger partial charge on any atom is -0.463 e. The van der Waals surface area contributed by atoms with E-state index in [1.54, 1.807) is 31.9 Å². The highest BCUT2D eigenvalue weighted by atomic mass is 16.5. The lowest BCUT2D eigenvalue weighted by Crippen LogP contribution is -2.60. The summed E-state index contributed by atoms with van der Waals surface area (Å²) in [5.41, 5.74) is 0.00715. The van der Waals surface area contributed by atoms with Gasteiger partial charge in [-0.1, -0.05) is 47.1 Å². The fourth-order valence-corrected chi connectivity index (χ4v) is 3.91. The maximum atomic E-state index is 13.4. The predicted octanol–water partition coefficient (Wildman–Crippen LogP) is 3.38. The number of nitrogens with zero attached hydrogens (tertiary/aromatic N) is 2. The van der Waals surface area contributed by atoms with Gasteiger partial charge in [0.1, 0.15) is 6.04 Å². The number of likely N-dealkylation sites (N-methyl/N-ethyl adjacent to an activating group) is 1. The van der Waals surface area contributed by atoms with Crippen LogP contribution >= 0.6 is 0 Å². The number of amides is 2. The Kier molecular flexibility index (Phi) is 10.9. The molecule has 7 heteroatoms. The Bertz CT molecular complexity index is 681. The third kappa shape index (κ3) is 7.91. The van der Waals surface area contributed by atoms with E-state index in [1.165, 1.54) is 0 Å². The van der Waals surface area contributed by atoms with Crippen molar-refractivity contribution in [2.75, 3.05) is 26.7 Å². The van der Waals surface area contributed by atoms with Crippen LogP contribution in [-0.4, -0.2) is 72.5 Å². The Balaban J connectivity index is 2.96. The van der Waals surface area contributed by atoms with Crippen LogP contribution in [0.25, 0.3) is 0 Å². The zero-order valence-corrected chi connectivity index (χ0v) is 21.7. The van der Waals surface area contributed by atoms with Crippen LogP contribution in [0.3, 0.4) is 0 Å². The number of piperidine rings is 1. The lowest BCUT2D eigenvalue weighted by Gasteiger charge is -2.42. The number of carbonyl (C=O) groups excluding carboxylic acids is 3. The molecule has 3 atom stereocenters. The predicted molar refractivity (Wildman–Crippen MR) is 128 cm³/mol. The van der Waals surface area contributed by atoms with E-state index in [0.29, 0.717) is 24.1 Å². The third-order valence-corrected chi connectivity index (χ3v) is 6.38. The number of esters is 1. The van der Waals surface area contributed by atoms with Crippen LogP contribution in [0.4, 0.5) is 0 Å². The molecule has 32 heavy (non-hydrogen) atoms. The van der Waals surface area contributed by atoms with Crippen molar-refractivity contribution in [1.29, 1.82) is 0 Å². The smallest absolute Gasteiger partial charge is 0.333 e. The zero-order chi connectivity index (χ0) is 24.6. The first-order valence-electron chi connectivity index (χ1n) is 12.0. The maximum absolute atomic E-state index is 13.4. The minimum absolute atomic E-state index is 0.0721. The van der Waals surface area contributed by atoms with E-state index >= 15 is 0 Å². The second-order valence-electron chi connectivity index (χ2n) is 10.4. The monoisotopic (exact) mass is 451 g/mol. The van der Waals surface area contributed by atoms with Gasteiger partial charge in [-0.05, 0) is 51.5 Å². The molecule has 3 unspecified atom stereocenters. The molecular weight excluding hydrogens is 406 g/mol. The summed E-state index contributed by atoms with van der Waals surface area (Å²) in [6.07, 6.45) is 4.61. The van der Waals surface area contributed by atoms with Crippen LogP contribution in [0.1, 0.15) is 74.7 Å². The highest BCUT2D eigenvalue weighted by Crippen LogP contribution is 2.25. The van der Waals surface area contributed by atoms with Gasteiger partial charge in [-0.15, -0.1) is 0 Å². The standard InChI is InChI=1S/C25H45N3O4/c1-10-32-24(31)18(4)14-16-27(9)23(30)21(25(6,7)8)26-22(29)20-13-11-12-15-28(20)19(5)17(2)3/h14,17,19-21H,10-13,15-16H2,1-9H3,(H,26,29)/b18-14+. The first-order chi connectivity index (χ1) is 14.8. The number of hydrogen-bond donors (Lipinski definition) is 1. The van der Waals surface area contributed by atoms with Gasteiger partial charge in [-0.3, -0.25) is 14.5 Å². The molecule has 0 saturated carbocycles. The van der Waals surface area contributed by atoms with Gasteiger partial charge in [0.05, 0.1) is 12.6 Å². The number of ether oxygens (including phenoxy) is 1. The number of rotatable bonds is 9. The molecule has 0 bridgehead atoms. The van der Waals surface area contributed by atoms with Crippen molar-refractivity contribution in [2.45, 2.75) is 92.8 Å². The van der Waals surface area contributed by atoms with Crippen molar-refractivity contribution < 1.29 is 19.1 Å². The van der Waals surface area contributed by atoms with Crippen molar-refractivity contribution in [3.05, 3.63) is 11.6 Å². The van der Waals surface area contributed by atoms with Gasteiger partial charge in [0.15, 0.2) is 0 Å². The molecule has 0 aromatic carbocycles. The van der Waals surface area contributed by atoms with Gasteiger partial charge in [0.25, 0.3) is 0 Å². The number of nitrogens with one attached hydrogen (secondary N) is 1. The molecule has 1 N–H and O–H groups in total. The summed E-state index contributed by atoms with van der Waals surface area (Å²) >= 11 is 0. The van der Waals surface area contributed by atoms with Gasteiger partial charge in [-0.2, -0.15) is 0 Å². The van der Waals surface area contributed by atoms with Crippen LogP contribution < -0.4 is 5.32 Å². The molecular formula is C25H45N3O4. The Hall–Kier alpha value is -1.89. The number of hydrogen-bond acceptors (Lipinski definition) is 5. The van der Waals surface area contributed by atoms with Crippen molar-refractivity contribution in [1.82, 2.24) is 15.1 Å². The number of carbonyl (C=O) groups is 3. The molecule has 1 aliphatic rings. The topological polar surface area (TPSA) is 79.0 Å². The van der Waals surface area contributed by atoms with Crippen molar-refractivity contribution in [3.8, 4) is 0 Å². The second kappa shape index (κ2) is 12.4. The molecule has 0 aliphatic carbocycles. The van der Waals surface area contributed by atoms with Crippen molar-refractivity contribution in [2.24, 2.45) is 11.3 Å². The fourth-order valence-electron chi connectivity index (χ4n) is 3.91. The van der Waals surface area contributed by atoms with Gasteiger partial charge < -0.3 is 15.0 Å². The molecule has 1 heterocycles. The molecule has 184 valence electrons. The number of likely N-dealkylation sites (tertiary alicyclic amines) is 1. The van der Waals surface area contributed by atoms with Crippen LogP contribution in [-0.2, 0) is 19.1 Å². The Morgan fingerprint density at radius 1 is 1.19 bits per heavy atom.